The second-order valence-electron chi connectivity index (χ2n) is 2.70. The molecule has 1 aromatic carbocycles. The highest BCUT2D eigenvalue weighted by atomic mass is 79.9. The summed E-state index contributed by atoms with van der Waals surface area (Å²) in [6.45, 7) is 0. The highest BCUT2D eigenvalue weighted by Crippen LogP contribution is 2.30. The summed E-state index contributed by atoms with van der Waals surface area (Å²) in [6.07, 6.45) is 0. The molecule has 0 aliphatic rings. The summed E-state index contributed by atoms with van der Waals surface area (Å²) >= 11 is 3.04. The van der Waals surface area contributed by atoms with E-state index in [2.05, 4.69) is 26.1 Å². The van der Waals surface area contributed by atoms with Crippen LogP contribution in [0.25, 0.3) is 11.5 Å². The topological polar surface area (TPSA) is 48.2 Å². The Kier molecular flexibility index (Phi) is 2.68. The Morgan fingerprint density at radius 1 is 1.40 bits per heavy atom. The predicted octanol–water partition coefficient (Wildman–Crippen LogP) is 2.65. The molecular formula is C9H6BrFN2O2. The maximum absolute atomic E-state index is 12.9. The van der Waals surface area contributed by atoms with Gasteiger partial charge in [0.2, 0.25) is 0 Å². The Bertz CT molecular complexity index is 487. The van der Waals surface area contributed by atoms with Gasteiger partial charge in [0.1, 0.15) is 11.6 Å². The zero-order chi connectivity index (χ0) is 10.8. The van der Waals surface area contributed by atoms with Crippen molar-refractivity contribution in [1.29, 1.82) is 0 Å². The van der Waals surface area contributed by atoms with Crippen LogP contribution in [0.1, 0.15) is 0 Å². The number of methoxy groups -OCH3 is 1. The van der Waals surface area contributed by atoms with Crippen molar-refractivity contribution in [2.24, 2.45) is 0 Å². The number of hydrogen-bond donors (Lipinski definition) is 0. The summed E-state index contributed by atoms with van der Waals surface area (Å²) in [4.78, 5) is 0.267. The maximum atomic E-state index is 12.9. The molecule has 0 amide bonds. The lowest BCUT2D eigenvalue weighted by Crippen LogP contribution is -1.89. The molecule has 0 saturated carbocycles. The standard InChI is InChI=1S/C9H6BrFN2O2/c1-14-7-4-5(11)2-3-6(7)8-12-13-9(10)15-8/h2-4H,1H3. The minimum absolute atomic E-state index is 0.267. The first kappa shape index (κ1) is 10.1. The second-order valence-corrected chi connectivity index (χ2v) is 3.38. The molecule has 0 bridgehead atoms. The summed E-state index contributed by atoms with van der Waals surface area (Å²) in [7, 11) is 1.45. The highest BCUT2D eigenvalue weighted by molar-refractivity contribution is 9.10. The first-order valence-electron chi connectivity index (χ1n) is 4.03. The molecule has 78 valence electrons. The van der Waals surface area contributed by atoms with Gasteiger partial charge < -0.3 is 9.15 Å². The first-order valence-corrected chi connectivity index (χ1v) is 4.83. The van der Waals surface area contributed by atoms with Crippen molar-refractivity contribution >= 4 is 15.9 Å². The SMILES string of the molecule is COc1cc(F)ccc1-c1nnc(Br)o1. The summed E-state index contributed by atoms with van der Waals surface area (Å²) in [5.74, 6) is 0.249. The largest absolute Gasteiger partial charge is 0.496 e. The third kappa shape index (κ3) is 1.99. The van der Waals surface area contributed by atoms with E-state index < -0.39 is 0 Å². The third-order valence-electron chi connectivity index (χ3n) is 1.79. The molecule has 2 aromatic rings. The van der Waals surface area contributed by atoms with Gasteiger partial charge in [0.15, 0.2) is 0 Å². The van der Waals surface area contributed by atoms with Gasteiger partial charge in [0, 0.05) is 22.0 Å². The van der Waals surface area contributed by atoms with Crippen LogP contribution in [0.4, 0.5) is 4.39 Å². The van der Waals surface area contributed by atoms with Crippen LogP contribution in [0.3, 0.4) is 0 Å². The molecule has 6 heteroatoms. The van der Waals surface area contributed by atoms with Gasteiger partial charge in [0.25, 0.3) is 10.7 Å². The van der Waals surface area contributed by atoms with Crippen molar-refractivity contribution < 1.29 is 13.5 Å². The number of ether oxygens (including phenoxy) is 1. The van der Waals surface area contributed by atoms with E-state index >= 15 is 0 Å². The van der Waals surface area contributed by atoms with E-state index in [9.17, 15) is 4.39 Å². The molecule has 0 spiro atoms. The molecule has 0 saturated heterocycles. The van der Waals surface area contributed by atoms with Gasteiger partial charge in [-0.15, -0.1) is 10.2 Å². The minimum Gasteiger partial charge on any atom is -0.496 e. The molecule has 1 aromatic heterocycles. The number of hydrogen-bond acceptors (Lipinski definition) is 4. The summed E-state index contributed by atoms with van der Waals surface area (Å²) in [5.41, 5.74) is 0.553. The van der Waals surface area contributed by atoms with Crippen LogP contribution in [0.15, 0.2) is 27.4 Å². The average molecular weight is 273 g/mol. The molecule has 0 aliphatic heterocycles. The fourth-order valence-corrected chi connectivity index (χ4v) is 1.39. The molecule has 2 rings (SSSR count). The van der Waals surface area contributed by atoms with Crippen molar-refractivity contribution in [2.75, 3.05) is 7.11 Å². The third-order valence-corrected chi connectivity index (χ3v) is 2.11. The van der Waals surface area contributed by atoms with Crippen LogP contribution in [-0.4, -0.2) is 17.3 Å². The molecule has 15 heavy (non-hydrogen) atoms. The molecular weight excluding hydrogens is 267 g/mol. The lowest BCUT2D eigenvalue weighted by molar-refractivity contribution is 0.410. The van der Waals surface area contributed by atoms with E-state index in [1.54, 1.807) is 0 Å². The summed E-state index contributed by atoms with van der Waals surface area (Å²) in [5, 5.41) is 7.40. The van der Waals surface area contributed by atoms with Crippen molar-refractivity contribution in [3.63, 3.8) is 0 Å². The zero-order valence-corrected chi connectivity index (χ0v) is 9.28. The number of benzene rings is 1. The molecule has 0 fully saturated rings. The molecule has 0 N–H and O–H groups in total. The Hall–Kier alpha value is -1.43. The van der Waals surface area contributed by atoms with E-state index in [4.69, 9.17) is 9.15 Å². The van der Waals surface area contributed by atoms with E-state index in [1.165, 1.54) is 25.3 Å². The monoisotopic (exact) mass is 272 g/mol. The van der Waals surface area contributed by atoms with Crippen LogP contribution in [-0.2, 0) is 0 Å². The van der Waals surface area contributed by atoms with Gasteiger partial charge in [-0.1, -0.05) is 0 Å². The Morgan fingerprint density at radius 3 is 2.80 bits per heavy atom. The van der Waals surface area contributed by atoms with E-state index in [0.29, 0.717) is 11.3 Å². The van der Waals surface area contributed by atoms with Crippen LogP contribution >= 0.6 is 15.9 Å². The second kappa shape index (κ2) is 3.98. The Morgan fingerprint density at radius 2 is 2.20 bits per heavy atom. The average Bonchev–Trinajstić information content (AvgIpc) is 2.64. The number of nitrogens with zero attached hydrogens (tertiary/aromatic N) is 2. The summed E-state index contributed by atoms with van der Waals surface area (Å²) in [6, 6.07) is 4.08. The molecule has 0 atom stereocenters. The number of halogens is 2. The van der Waals surface area contributed by atoms with Gasteiger partial charge in [0.05, 0.1) is 12.7 Å². The Balaban J connectivity index is 2.52. The minimum atomic E-state index is -0.380. The lowest BCUT2D eigenvalue weighted by Gasteiger charge is -2.03. The quantitative estimate of drug-likeness (QED) is 0.843. The predicted molar refractivity (Wildman–Crippen MR) is 53.9 cm³/mol. The van der Waals surface area contributed by atoms with Crippen molar-refractivity contribution in [3.8, 4) is 17.2 Å². The zero-order valence-electron chi connectivity index (χ0n) is 7.70. The van der Waals surface area contributed by atoms with Crippen LogP contribution in [0, 0.1) is 5.82 Å². The normalized spacial score (nSPS) is 10.3. The van der Waals surface area contributed by atoms with Gasteiger partial charge in [-0.3, -0.25) is 0 Å². The smallest absolute Gasteiger partial charge is 0.285 e. The lowest BCUT2D eigenvalue weighted by atomic mass is 10.2. The molecule has 0 unspecified atom stereocenters. The van der Waals surface area contributed by atoms with Gasteiger partial charge in [-0.05, 0) is 12.1 Å². The van der Waals surface area contributed by atoms with Crippen LogP contribution < -0.4 is 4.74 Å². The van der Waals surface area contributed by atoms with Gasteiger partial charge >= 0.3 is 0 Å². The van der Waals surface area contributed by atoms with Crippen molar-refractivity contribution in [2.45, 2.75) is 0 Å². The van der Waals surface area contributed by atoms with E-state index in [1.807, 2.05) is 0 Å². The number of aromatic nitrogens is 2. The van der Waals surface area contributed by atoms with Crippen LogP contribution in [0.5, 0.6) is 5.75 Å². The molecule has 0 aliphatic carbocycles. The maximum Gasteiger partial charge on any atom is 0.285 e. The van der Waals surface area contributed by atoms with Crippen molar-refractivity contribution in [1.82, 2.24) is 10.2 Å². The van der Waals surface area contributed by atoms with E-state index in [0.717, 1.165) is 0 Å². The highest BCUT2D eigenvalue weighted by Gasteiger charge is 2.12. The summed E-state index contributed by atoms with van der Waals surface area (Å²) < 4.78 is 23.0. The van der Waals surface area contributed by atoms with Crippen LogP contribution in [0.2, 0.25) is 0 Å². The van der Waals surface area contributed by atoms with E-state index in [-0.39, 0.29) is 16.5 Å². The fourth-order valence-electron chi connectivity index (χ4n) is 1.16. The van der Waals surface area contributed by atoms with Crippen molar-refractivity contribution in [3.05, 3.63) is 28.8 Å². The van der Waals surface area contributed by atoms with Gasteiger partial charge in [-0.25, -0.2) is 4.39 Å². The molecule has 4 nitrogen and oxygen atoms in total. The Labute approximate surface area is 93.2 Å². The molecule has 1 heterocycles. The molecule has 0 radical (unpaired) electrons. The number of rotatable bonds is 2. The van der Waals surface area contributed by atoms with Gasteiger partial charge in [-0.2, -0.15) is 0 Å². The fraction of sp³-hybridized carbons (Fsp3) is 0.111. The first-order chi connectivity index (χ1) is 7.20.